The van der Waals surface area contributed by atoms with E-state index in [9.17, 15) is 9.59 Å². The van der Waals surface area contributed by atoms with Gasteiger partial charge in [0.2, 0.25) is 0 Å². The molecule has 0 aliphatic rings. The number of carboxylic acids is 2. The first-order chi connectivity index (χ1) is 6.61. The number of benzene rings is 1. The van der Waals surface area contributed by atoms with Gasteiger partial charge < -0.3 is 10.2 Å². The number of nitrogens with zero attached hydrogens (tertiary/aromatic N) is 1. The van der Waals surface area contributed by atoms with Crippen LogP contribution in [0, 0.1) is 0 Å². The Balaban J connectivity index is 3.07. The molecule has 0 radical (unpaired) electrons. The molecule has 0 heterocycles. The lowest BCUT2D eigenvalue weighted by molar-refractivity contribution is -0.128. The minimum absolute atomic E-state index is 0.0231. The summed E-state index contributed by atoms with van der Waals surface area (Å²) in [6.45, 7) is 0. The van der Waals surface area contributed by atoms with Gasteiger partial charge in [0.05, 0.1) is 11.3 Å². The van der Waals surface area contributed by atoms with Crippen molar-refractivity contribution in [3.63, 3.8) is 0 Å². The highest BCUT2D eigenvalue weighted by atomic mass is 16.4. The molecule has 1 aromatic rings. The van der Waals surface area contributed by atoms with E-state index in [4.69, 9.17) is 10.2 Å². The topological polar surface area (TPSA) is 87.0 Å². The first-order valence-electron chi connectivity index (χ1n) is 3.70. The Bertz CT molecular complexity index is 398. The van der Waals surface area contributed by atoms with E-state index in [0.717, 1.165) is 0 Å². The minimum Gasteiger partial charge on any atom is -0.478 e. The van der Waals surface area contributed by atoms with Crippen LogP contribution in [0.5, 0.6) is 0 Å². The van der Waals surface area contributed by atoms with Crippen molar-refractivity contribution in [2.45, 2.75) is 0 Å². The predicted octanol–water partition coefficient (Wildman–Crippen LogP) is 1.17. The van der Waals surface area contributed by atoms with Crippen LogP contribution in [0.25, 0.3) is 0 Å². The van der Waals surface area contributed by atoms with Gasteiger partial charge in [-0.25, -0.2) is 14.6 Å². The van der Waals surface area contributed by atoms with Crippen LogP contribution in [-0.2, 0) is 4.79 Å². The first-order valence-corrected chi connectivity index (χ1v) is 3.70. The molecule has 5 heteroatoms. The number of aromatic carboxylic acids is 1. The van der Waals surface area contributed by atoms with Crippen molar-refractivity contribution >= 4 is 23.8 Å². The van der Waals surface area contributed by atoms with Crippen LogP contribution < -0.4 is 0 Å². The van der Waals surface area contributed by atoms with Gasteiger partial charge in [-0.2, -0.15) is 0 Å². The molecule has 0 spiro atoms. The molecule has 2 N–H and O–H groups in total. The number of carboxylic acid groups (broad SMARTS) is 2. The van der Waals surface area contributed by atoms with Crippen LogP contribution in [-0.4, -0.2) is 28.4 Å². The van der Waals surface area contributed by atoms with E-state index >= 15 is 0 Å². The molecule has 1 aromatic carbocycles. The molecule has 0 fully saturated rings. The highest BCUT2D eigenvalue weighted by molar-refractivity contribution is 6.22. The Morgan fingerprint density at radius 3 is 2.43 bits per heavy atom. The zero-order chi connectivity index (χ0) is 10.6. The van der Waals surface area contributed by atoms with Crippen LogP contribution in [0.1, 0.15) is 10.4 Å². The van der Waals surface area contributed by atoms with Crippen LogP contribution in [0.3, 0.4) is 0 Å². The summed E-state index contributed by atoms with van der Waals surface area (Å²) in [6, 6.07) is 5.92. The molecule has 72 valence electrons. The smallest absolute Gasteiger partial charge is 0.346 e. The van der Waals surface area contributed by atoms with Crippen LogP contribution >= 0.6 is 0 Å². The van der Waals surface area contributed by atoms with E-state index in [1.807, 2.05) is 0 Å². The van der Waals surface area contributed by atoms with Crippen molar-refractivity contribution in [2.24, 2.45) is 4.99 Å². The number of carbonyl (C=O) groups is 2. The fourth-order valence-electron chi connectivity index (χ4n) is 0.892. The summed E-state index contributed by atoms with van der Waals surface area (Å²) >= 11 is 0. The van der Waals surface area contributed by atoms with E-state index < -0.39 is 11.9 Å². The van der Waals surface area contributed by atoms with Gasteiger partial charge in [-0.1, -0.05) is 12.1 Å². The third-order valence-corrected chi connectivity index (χ3v) is 1.45. The number of hydrogen-bond acceptors (Lipinski definition) is 3. The number of hydrogen-bond donors (Lipinski definition) is 2. The van der Waals surface area contributed by atoms with E-state index in [1.165, 1.54) is 12.1 Å². The van der Waals surface area contributed by atoms with Crippen LogP contribution in [0.4, 0.5) is 5.69 Å². The molecule has 5 nitrogen and oxygen atoms in total. The number of para-hydroxylation sites is 1. The summed E-state index contributed by atoms with van der Waals surface area (Å²) in [5, 5.41) is 17.0. The maximum absolute atomic E-state index is 10.6. The van der Waals surface area contributed by atoms with Crippen molar-refractivity contribution < 1.29 is 19.8 Å². The fraction of sp³-hybridized carbons (Fsp3) is 0. The van der Waals surface area contributed by atoms with Crippen molar-refractivity contribution in [1.82, 2.24) is 0 Å². The molecule has 0 unspecified atom stereocenters. The van der Waals surface area contributed by atoms with Gasteiger partial charge in [-0.15, -0.1) is 0 Å². The quantitative estimate of drug-likeness (QED) is 0.705. The molecule has 0 bridgehead atoms. The van der Waals surface area contributed by atoms with Gasteiger partial charge in [-0.3, -0.25) is 0 Å². The average Bonchev–Trinajstić information content (AvgIpc) is 2.15. The van der Waals surface area contributed by atoms with Gasteiger partial charge >= 0.3 is 11.9 Å². The second kappa shape index (κ2) is 4.18. The van der Waals surface area contributed by atoms with Gasteiger partial charge in [0.1, 0.15) is 6.21 Å². The maximum Gasteiger partial charge on any atom is 0.346 e. The van der Waals surface area contributed by atoms with Gasteiger partial charge in [0.15, 0.2) is 0 Å². The normalized spacial score (nSPS) is 10.3. The van der Waals surface area contributed by atoms with Gasteiger partial charge in [0, 0.05) is 0 Å². The first kappa shape index (κ1) is 9.91. The molecule has 0 aromatic heterocycles. The number of aliphatic carboxylic acids is 1. The molecule has 0 aliphatic carbocycles. The predicted molar refractivity (Wildman–Crippen MR) is 49.2 cm³/mol. The molecule has 1 rings (SSSR count). The molecular weight excluding hydrogens is 186 g/mol. The molecule has 0 atom stereocenters. The second-order valence-electron chi connectivity index (χ2n) is 2.42. The number of aliphatic imine (C=N–C) groups is 1. The van der Waals surface area contributed by atoms with Crippen molar-refractivity contribution in [1.29, 1.82) is 0 Å². The van der Waals surface area contributed by atoms with E-state index in [0.29, 0.717) is 6.21 Å². The third-order valence-electron chi connectivity index (χ3n) is 1.45. The Hall–Kier alpha value is -2.17. The lowest BCUT2D eigenvalue weighted by atomic mass is 10.2. The summed E-state index contributed by atoms with van der Waals surface area (Å²) in [5.74, 6) is -2.35. The standard InChI is InChI=1S/C9H7NO4/c11-8(12)5-10-7-4-2-1-3-6(7)9(13)14/h1-5H,(H,11,12)(H,13,14)/b10-5-. The Morgan fingerprint density at radius 2 is 1.86 bits per heavy atom. The van der Waals surface area contributed by atoms with E-state index in [1.54, 1.807) is 12.1 Å². The fourth-order valence-corrected chi connectivity index (χ4v) is 0.892. The van der Waals surface area contributed by atoms with E-state index in [2.05, 4.69) is 4.99 Å². The summed E-state index contributed by atoms with van der Waals surface area (Å²) in [5.41, 5.74) is 0.104. The van der Waals surface area contributed by atoms with Crippen LogP contribution in [0.2, 0.25) is 0 Å². The average molecular weight is 193 g/mol. The largest absolute Gasteiger partial charge is 0.478 e. The molecule has 0 aliphatic heterocycles. The van der Waals surface area contributed by atoms with Crippen molar-refractivity contribution in [3.05, 3.63) is 29.8 Å². The SMILES string of the molecule is O=C(O)/C=N\c1ccccc1C(=O)O. The maximum atomic E-state index is 10.6. The van der Waals surface area contributed by atoms with Crippen LogP contribution in [0.15, 0.2) is 29.3 Å². The molecule has 0 saturated carbocycles. The molecule has 0 amide bonds. The molecular formula is C9H7NO4. The van der Waals surface area contributed by atoms with Gasteiger partial charge in [0.25, 0.3) is 0 Å². The summed E-state index contributed by atoms with van der Waals surface area (Å²) in [4.78, 5) is 24.3. The molecule has 0 saturated heterocycles. The second-order valence-corrected chi connectivity index (χ2v) is 2.42. The minimum atomic E-state index is -1.22. The Kier molecular flexibility index (Phi) is 2.96. The summed E-state index contributed by atoms with van der Waals surface area (Å²) in [6.07, 6.45) is 0.655. The monoisotopic (exact) mass is 193 g/mol. The summed E-state index contributed by atoms with van der Waals surface area (Å²) < 4.78 is 0. The summed E-state index contributed by atoms with van der Waals surface area (Å²) in [7, 11) is 0. The Morgan fingerprint density at radius 1 is 1.21 bits per heavy atom. The van der Waals surface area contributed by atoms with Crippen molar-refractivity contribution in [3.8, 4) is 0 Å². The Labute approximate surface area is 79.3 Å². The number of rotatable bonds is 3. The highest BCUT2D eigenvalue weighted by Gasteiger charge is 2.07. The molecule has 14 heavy (non-hydrogen) atoms. The lowest BCUT2D eigenvalue weighted by Crippen LogP contribution is -1.98. The zero-order valence-corrected chi connectivity index (χ0v) is 7.04. The lowest BCUT2D eigenvalue weighted by Gasteiger charge is -1.97. The zero-order valence-electron chi connectivity index (χ0n) is 7.04. The van der Waals surface area contributed by atoms with Crippen molar-refractivity contribution in [2.75, 3.05) is 0 Å². The third kappa shape index (κ3) is 2.41. The highest BCUT2D eigenvalue weighted by Crippen LogP contribution is 2.17. The van der Waals surface area contributed by atoms with E-state index in [-0.39, 0.29) is 11.3 Å². The van der Waals surface area contributed by atoms with Gasteiger partial charge in [-0.05, 0) is 12.1 Å².